The number of anilines is 1. The molecule has 3 nitrogen and oxygen atoms in total. The molecule has 2 aromatic carbocycles. The second-order valence-electron chi connectivity index (χ2n) is 4.70. The highest BCUT2D eigenvalue weighted by molar-refractivity contribution is 7.21. The van der Waals surface area contributed by atoms with Gasteiger partial charge in [-0.2, -0.15) is 0 Å². The predicted molar refractivity (Wildman–Crippen MR) is 87.1 cm³/mol. The van der Waals surface area contributed by atoms with E-state index in [1.54, 1.807) is 30.3 Å². The summed E-state index contributed by atoms with van der Waals surface area (Å²) in [5, 5.41) is 12.8. The van der Waals surface area contributed by atoms with Gasteiger partial charge < -0.3 is 10.4 Å². The van der Waals surface area contributed by atoms with Crippen molar-refractivity contribution in [2.75, 3.05) is 5.32 Å². The number of hydrogen-bond acceptors (Lipinski definition) is 3. The summed E-state index contributed by atoms with van der Waals surface area (Å²) in [6.45, 7) is -0.105. The fourth-order valence-corrected chi connectivity index (χ4v) is 3.56. The van der Waals surface area contributed by atoms with Gasteiger partial charge in [0.25, 0.3) is 5.91 Å². The van der Waals surface area contributed by atoms with Crippen molar-refractivity contribution in [3.63, 3.8) is 0 Å². The van der Waals surface area contributed by atoms with Crippen LogP contribution in [0, 0.1) is 5.82 Å². The Balaban J connectivity index is 1.93. The van der Waals surface area contributed by atoms with Crippen LogP contribution in [0.3, 0.4) is 0 Å². The van der Waals surface area contributed by atoms with Crippen LogP contribution in [0.15, 0.2) is 42.5 Å². The van der Waals surface area contributed by atoms with Gasteiger partial charge in [-0.3, -0.25) is 4.79 Å². The van der Waals surface area contributed by atoms with Crippen LogP contribution >= 0.6 is 22.9 Å². The van der Waals surface area contributed by atoms with Gasteiger partial charge in [-0.15, -0.1) is 11.3 Å². The van der Waals surface area contributed by atoms with Crippen LogP contribution in [0.4, 0.5) is 10.1 Å². The van der Waals surface area contributed by atoms with Gasteiger partial charge in [-0.25, -0.2) is 4.39 Å². The summed E-state index contributed by atoms with van der Waals surface area (Å²) in [5.74, 6) is -0.727. The standard InChI is InChI=1S/C16H11ClFNO2S/c17-14-12-5-4-10(18)7-13(12)22-15(14)16(21)19-11-3-1-2-9(6-11)8-20/h1-7,20H,8H2,(H,19,21). The number of nitrogens with one attached hydrogen (secondary N) is 1. The van der Waals surface area contributed by atoms with Crippen molar-refractivity contribution in [2.24, 2.45) is 0 Å². The summed E-state index contributed by atoms with van der Waals surface area (Å²) in [5.41, 5.74) is 1.26. The van der Waals surface area contributed by atoms with Crippen LogP contribution in [-0.2, 0) is 6.61 Å². The van der Waals surface area contributed by atoms with Gasteiger partial charge >= 0.3 is 0 Å². The molecule has 0 aliphatic carbocycles. The molecule has 2 N–H and O–H groups in total. The second-order valence-corrected chi connectivity index (χ2v) is 6.13. The van der Waals surface area contributed by atoms with Crippen molar-refractivity contribution in [2.45, 2.75) is 6.61 Å². The van der Waals surface area contributed by atoms with Crippen molar-refractivity contribution in [1.82, 2.24) is 0 Å². The molecule has 6 heteroatoms. The van der Waals surface area contributed by atoms with Gasteiger partial charge in [0.1, 0.15) is 10.7 Å². The van der Waals surface area contributed by atoms with E-state index in [0.29, 0.717) is 31.2 Å². The molecular formula is C16H11ClFNO2S. The molecule has 0 spiro atoms. The quantitative estimate of drug-likeness (QED) is 0.743. The van der Waals surface area contributed by atoms with E-state index in [1.165, 1.54) is 12.1 Å². The van der Waals surface area contributed by atoms with E-state index < -0.39 is 0 Å². The van der Waals surface area contributed by atoms with Crippen LogP contribution in [-0.4, -0.2) is 11.0 Å². The average Bonchev–Trinajstić information content (AvgIpc) is 2.84. The first-order valence-electron chi connectivity index (χ1n) is 6.47. The van der Waals surface area contributed by atoms with E-state index in [-0.39, 0.29) is 18.3 Å². The first-order chi connectivity index (χ1) is 10.6. The lowest BCUT2D eigenvalue weighted by Crippen LogP contribution is -2.10. The van der Waals surface area contributed by atoms with Crippen LogP contribution in [0.2, 0.25) is 5.02 Å². The SMILES string of the molecule is O=C(Nc1cccc(CO)c1)c1sc2cc(F)ccc2c1Cl. The molecule has 1 heterocycles. The molecule has 112 valence electrons. The fourth-order valence-electron chi connectivity index (χ4n) is 2.12. The van der Waals surface area contributed by atoms with E-state index in [4.69, 9.17) is 16.7 Å². The smallest absolute Gasteiger partial charge is 0.267 e. The van der Waals surface area contributed by atoms with Crippen LogP contribution in [0.25, 0.3) is 10.1 Å². The lowest BCUT2D eigenvalue weighted by molar-refractivity contribution is 0.103. The minimum Gasteiger partial charge on any atom is -0.392 e. The topological polar surface area (TPSA) is 49.3 Å². The number of carbonyl (C=O) groups is 1. The fraction of sp³-hybridized carbons (Fsp3) is 0.0625. The number of halogens is 2. The van der Waals surface area contributed by atoms with Gasteiger partial charge in [0.15, 0.2) is 0 Å². The van der Waals surface area contributed by atoms with Gasteiger partial charge in [-0.05, 0) is 35.9 Å². The molecule has 0 aliphatic heterocycles. The molecule has 3 aromatic rings. The van der Waals surface area contributed by atoms with E-state index in [2.05, 4.69) is 5.32 Å². The number of hydrogen-bond donors (Lipinski definition) is 2. The highest BCUT2D eigenvalue weighted by Crippen LogP contribution is 2.36. The first kappa shape index (κ1) is 15.0. The Kier molecular flexibility index (Phi) is 4.11. The Morgan fingerprint density at radius 1 is 1.27 bits per heavy atom. The molecule has 1 amide bonds. The number of aliphatic hydroxyl groups is 1. The average molecular weight is 336 g/mol. The lowest BCUT2D eigenvalue weighted by Gasteiger charge is -2.05. The van der Waals surface area contributed by atoms with Crippen LogP contribution < -0.4 is 5.32 Å². The molecular weight excluding hydrogens is 325 g/mol. The Morgan fingerprint density at radius 3 is 2.86 bits per heavy atom. The number of thiophene rings is 1. The number of amides is 1. The highest BCUT2D eigenvalue weighted by Gasteiger charge is 2.17. The zero-order valence-electron chi connectivity index (χ0n) is 11.3. The minimum absolute atomic E-state index is 0.105. The lowest BCUT2D eigenvalue weighted by atomic mass is 10.2. The Morgan fingerprint density at radius 2 is 2.09 bits per heavy atom. The van der Waals surface area contributed by atoms with Gasteiger partial charge in [0, 0.05) is 15.8 Å². The number of aliphatic hydroxyl groups excluding tert-OH is 1. The van der Waals surface area contributed by atoms with E-state index in [1.807, 2.05) is 0 Å². The highest BCUT2D eigenvalue weighted by atomic mass is 35.5. The van der Waals surface area contributed by atoms with Gasteiger partial charge in [0.2, 0.25) is 0 Å². The normalized spacial score (nSPS) is 10.9. The first-order valence-corrected chi connectivity index (χ1v) is 7.66. The summed E-state index contributed by atoms with van der Waals surface area (Å²) in [6, 6.07) is 11.1. The van der Waals surface area contributed by atoms with E-state index >= 15 is 0 Å². The molecule has 0 bridgehead atoms. The summed E-state index contributed by atoms with van der Waals surface area (Å²) >= 11 is 7.36. The third-order valence-corrected chi connectivity index (χ3v) is 4.82. The molecule has 0 saturated heterocycles. The number of benzene rings is 2. The molecule has 0 aliphatic rings. The zero-order valence-corrected chi connectivity index (χ0v) is 12.8. The molecule has 22 heavy (non-hydrogen) atoms. The van der Waals surface area contributed by atoms with Crippen molar-refractivity contribution in [3.8, 4) is 0 Å². The molecule has 0 saturated carbocycles. The van der Waals surface area contributed by atoms with Gasteiger partial charge in [0.05, 0.1) is 11.6 Å². The summed E-state index contributed by atoms with van der Waals surface area (Å²) in [6.07, 6.45) is 0. The molecule has 1 aromatic heterocycles. The molecule has 0 radical (unpaired) electrons. The maximum atomic E-state index is 13.2. The van der Waals surface area contributed by atoms with Crippen LogP contribution in [0.1, 0.15) is 15.2 Å². The van der Waals surface area contributed by atoms with E-state index in [0.717, 1.165) is 11.3 Å². The largest absolute Gasteiger partial charge is 0.392 e. The maximum absolute atomic E-state index is 13.2. The second kappa shape index (κ2) is 6.04. The van der Waals surface area contributed by atoms with Crippen LogP contribution in [0.5, 0.6) is 0 Å². The zero-order chi connectivity index (χ0) is 15.7. The molecule has 0 atom stereocenters. The third kappa shape index (κ3) is 2.83. The Labute approximate surface area is 135 Å². The molecule has 3 rings (SSSR count). The summed E-state index contributed by atoms with van der Waals surface area (Å²) in [7, 11) is 0. The third-order valence-electron chi connectivity index (χ3n) is 3.17. The number of carbonyl (C=O) groups excluding carboxylic acids is 1. The molecule has 0 fully saturated rings. The van der Waals surface area contributed by atoms with E-state index in [9.17, 15) is 9.18 Å². The Hall–Kier alpha value is -1.95. The van der Waals surface area contributed by atoms with Crippen molar-refractivity contribution >= 4 is 44.6 Å². The summed E-state index contributed by atoms with van der Waals surface area (Å²) in [4.78, 5) is 12.7. The predicted octanol–water partition coefficient (Wildman–Crippen LogP) is 4.44. The Bertz CT molecular complexity index is 862. The van der Waals surface area contributed by atoms with Gasteiger partial charge in [-0.1, -0.05) is 23.7 Å². The van der Waals surface area contributed by atoms with Crippen molar-refractivity contribution < 1.29 is 14.3 Å². The minimum atomic E-state index is -0.368. The number of rotatable bonds is 3. The van der Waals surface area contributed by atoms with Crippen molar-refractivity contribution in [3.05, 3.63) is 63.7 Å². The monoisotopic (exact) mass is 335 g/mol. The maximum Gasteiger partial charge on any atom is 0.267 e. The number of fused-ring (bicyclic) bond motifs is 1. The summed E-state index contributed by atoms with van der Waals surface area (Å²) < 4.78 is 13.9. The van der Waals surface area contributed by atoms with Crippen molar-refractivity contribution in [1.29, 1.82) is 0 Å². The molecule has 0 unspecified atom stereocenters.